The van der Waals surface area contributed by atoms with Crippen LogP contribution in [-0.2, 0) is 24.3 Å². The van der Waals surface area contributed by atoms with Crippen LogP contribution in [0, 0.1) is 11.3 Å². The lowest BCUT2D eigenvalue weighted by atomic mass is 9.80. The minimum atomic E-state index is -5.08. The van der Waals surface area contributed by atoms with Gasteiger partial charge in [-0.05, 0) is 0 Å². The topological polar surface area (TPSA) is 96.4 Å². The van der Waals surface area contributed by atoms with E-state index in [1.165, 1.54) is 6.26 Å². The van der Waals surface area contributed by atoms with Gasteiger partial charge in [0.1, 0.15) is 0 Å². The maximum atomic E-state index is 11.8. The highest BCUT2D eigenvalue weighted by atomic mass is 32.2. The predicted octanol–water partition coefficient (Wildman–Crippen LogP) is -0.140. The molecular weight excluding hydrogens is 381 g/mol. The Morgan fingerprint density at radius 1 is 1.27 bits per heavy atom. The number of fused-ring (bicyclic) bond motifs is 1. The molecule has 0 aromatic rings. The molecule has 0 bridgehead atoms. The summed E-state index contributed by atoms with van der Waals surface area (Å²) in [5, 5.41) is 7.12. The molecule has 3 saturated heterocycles. The Morgan fingerprint density at radius 2 is 1.85 bits per heavy atom. The molecule has 3 aliphatic rings. The van der Waals surface area contributed by atoms with Crippen molar-refractivity contribution < 1.29 is 41.0 Å². The van der Waals surface area contributed by atoms with Gasteiger partial charge in [-0.1, -0.05) is 0 Å². The molecule has 0 saturated carbocycles. The number of sulfonamides is 1. The van der Waals surface area contributed by atoms with E-state index in [0.29, 0.717) is 32.2 Å². The van der Waals surface area contributed by atoms with Gasteiger partial charge < -0.3 is 14.6 Å². The van der Waals surface area contributed by atoms with Crippen LogP contribution in [0.3, 0.4) is 0 Å². The third kappa shape index (κ3) is 5.28. The molecule has 12 heteroatoms. The zero-order valence-corrected chi connectivity index (χ0v) is 15.2. The first-order valence-electron chi connectivity index (χ1n) is 8.07. The largest absolute Gasteiger partial charge is 0.490 e. The molecular formula is C14H23F3N2O6S. The van der Waals surface area contributed by atoms with Gasteiger partial charge in [-0.3, -0.25) is 4.90 Å². The lowest BCUT2D eigenvalue weighted by Crippen LogP contribution is -2.47. The molecule has 0 aromatic carbocycles. The number of nitrogens with zero attached hydrogens (tertiary/aromatic N) is 2. The summed E-state index contributed by atoms with van der Waals surface area (Å²) in [7, 11) is -3.09. The first-order valence-corrected chi connectivity index (χ1v) is 9.92. The normalized spacial score (nSPS) is 30.5. The second-order valence-electron chi connectivity index (χ2n) is 6.82. The fourth-order valence-corrected chi connectivity index (χ4v) is 4.41. The number of hydrogen-bond acceptors (Lipinski definition) is 6. The van der Waals surface area contributed by atoms with Gasteiger partial charge in [-0.25, -0.2) is 17.5 Å². The highest BCUT2D eigenvalue weighted by Gasteiger charge is 2.53. The highest BCUT2D eigenvalue weighted by Crippen LogP contribution is 2.42. The van der Waals surface area contributed by atoms with Crippen molar-refractivity contribution in [1.29, 1.82) is 0 Å². The minimum Gasteiger partial charge on any atom is -0.475 e. The summed E-state index contributed by atoms with van der Waals surface area (Å²) in [6, 6.07) is 0. The van der Waals surface area contributed by atoms with Crippen LogP contribution in [-0.4, -0.2) is 100 Å². The maximum Gasteiger partial charge on any atom is 0.490 e. The molecule has 8 nitrogen and oxygen atoms in total. The Morgan fingerprint density at radius 3 is 2.35 bits per heavy atom. The average molecular weight is 404 g/mol. The summed E-state index contributed by atoms with van der Waals surface area (Å²) in [6.07, 6.45) is -3.78. The Bertz CT molecular complexity index is 608. The summed E-state index contributed by atoms with van der Waals surface area (Å²) in [6.45, 7) is 6.94. The quantitative estimate of drug-likeness (QED) is 0.699. The summed E-state index contributed by atoms with van der Waals surface area (Å²) in [5.41, 5.74) is -0.0135. The van der Waals surface area contributed by atoms with Crippen molar-refractivity contribution in [2.75, 3.05) is 65.4 Å². The fraction of sp³-hybridized carbons (Fsp3) is 0.929. The second kappa shape index (κ2) is 7.97. The van der Waals surface area contributed by atoms with Crippen molar-refractivity contribution >= 4 is 16.0 Å². The standard InChI is InChI=1S/C12H22N2O4S.C2HF3O2/c1-19(15,16)14-6-11-7-18-10-12(11,9-14)8-13-2-4-17-5-3-13;3-2(4,5)1(6)7/h11H,2-10H2,1H3;(H,6,7)/t11-,12+;/m1./s1. The zero-order chi connectivity index (χ0) is 19.6. The van der Waals surface area contributed by atoms with Crippen molar-refractivity contribution in [3.8, 4) is 0 Å². The molecule has 3 fully saturated rings. The molecule has 26 heavy (non-hydrogen) atoms. The zero-order valence-electron chi connectivity index (χ0n) is 14.4. The van der Waals surface area contributed by atoms with E-state index in [4.69, 9.17) is 19.4 Å². The predicted molar refractivity (Wildman–Crippen MR) is 84.1 cm³/mol. The number of carboxylic acid groups (broad SMARTS) is 1. The van der Waals surface area contributed by atoms with E-state index in [9.17, 15) is 21.6 Å². The molecule has 0 aliphatic carbocycles. The average Bonchev–Trinajstić information content (AvgIpc) is 3.04. The number of aliphatic carboxylic acids is 1. The molecule has 0 unspecified atom stereocenters. The Balaban J connectivity index is 0.000000298. The monoisotopic (exact) mass is 404 g/mol. The number of morpholine rings is 1. The molecule has 2 atom stereocenters. The van der Waals surface area contributed by atoms with Crippen molar-refractivity contribution in [1.82, 2.24) is 9.21 Å². The van der Waals surface area contributed by atoms with Gasteiger partial charge in [0.15, 0.2) is 0 Å². The van der Waals surface area contributed by atoms with Gasteiger partial charge in [-0.15, -0.1) is 0 Å². The van der Waals surface area contributed by atoms with Gasteiger partial charge >= 0.3 is 12.1 Å². The third-order valence-corrected chi connectivity index (χ3v) is 6.06. The van der Waals surface area contributed by atoms with E-state index >= 15 is 0 Å². The van der Waals surface area contributed by atoms with E-state index in [2.05, 4.69) is 4.90 Å². The van der Waals surface area contributed by atoms with Crippen molar-refractivity contribution in [2.45, 2.75) is 6.18 Å². The number of ether oxygens (including phenoxy) is 2. The van der Waals surface area contributed by atoms with Gasteiger partial charge in [0.05, 0.1) is 32.7 Å². The molecule has 0 aromatic heterocycles. The SMILES string of the molecule is CS(=O)(=O)N1C[C@@H]2COC[C@]2(CN2CCOCC2)C1.O=C(O)C(F)(F)F. The lowest BCUT2D eigenvalue weighted by molar-refractivity contribution is -0.192. The van der Waals surface area contributed by atoms with Crippen LogP contribution in [0.2, 0.25) is 0 Å². The van der Waals surface area contributed by atoms with Crippen molar-refractivity contribution in [3.63, 3.8) is 0 Å². The van der Waals surface area contributed by atoms with Crippen LogP contribution in [0.25, 0.3) is 0 Å². The van der Waals surface area contributed by atoms with E-state index in [0.717, 1.165) is 32.8 Å². The molecule has 0 amide bonds. The van der Waals surface area contributed by atoms with Gasteiger partial charge in [0.2, 0.25) is 10.0 Å². The van der Waals surface area contributed by atoms with E-state index in [-0.39, 0.29) is 5.41 Å². The number of rotatable bonds is 3. The van der Waals surface area contributed by atoms with Gasteiger partial charge in [0.25, 0.3) is 0 Å². The first-order chi connectivity index (χ1) is 11.9. The minimum absolute atomic E-state index is 0.0135. The lowest BCUT2D eigenvalue weighted by Gasteiger charge is -2.36. The number of carbonyl (C=O) groups is 1. The van der Waals surface area contributed by atoms with Gasteiger partial charge in [0, 0.05) is 44.1 Å². The van der Waals surface area contributed by atoms with Crippen molar-refractivity contribution in [3.05, 3.63) is 0 Å². The summed E-state index contributed by atoms with van der Waals surface area (Å²) >= 11 is 0. The molecule has 0 spiro atoms. The third-order valence-electron chi connectivity index (χ3n) is 4.84. The van der Waals surface area contributed by atoms with E-state index < -0.39 is 22.2 Å². The number of hydrogen-bond donors (Lipinski definition) is 1. The van der Waals surface area contributed by atoms with E-state index in [1.807, 2.05) is 0 Å². The van der Waals surface area contributed by atoms with Crippen LogP contribution >= 0.6 is 0 Å². The maximum absolute atomic E-state index is 11.8. The summed E-state index contributed by atoms with van der Waals surface area (Å²) < 4.78 is 67.9. The first kappa shape index (κ1) is 21.4. The summed E-state index contributed by atoms with van der Waals surface area (Å²) in [4.78, 5) is 11.3. The van der Waals surface area contributed by atoms with Crippen LogP contribution < -0.4 is 0 Å². The van der Waals surface area contributed by atoms with Crippen LogP contribution in [0.5, 0.6) is 0 Å². The van der Waals surface area contributed by atoms with Crippen LogP contribution in [0.4, 0.5) is 13.2 Å². The molecule has 152 valence electrons. The van der Waals surface area contributed by atoms with Gasteiger partial charge in [-0.2, -0.15) is 13.2 Å². The van der Waals surface area contributed by atoms with Crippen LogP contribution in [0.15, 0.2) is 0 Å². The Kier molecular flexibility index (Phi) is 6.54. The van der Waals surface area contributed by atoms with E-state index in [1.54, 1.807) is 4.31 Å². The number of halogens is 3. The Hall–Kier alpha value is -0.950. The van der Waals surface area contributed by atoms with Crippen LogP contribution in [0.1, 0.15) is 0 Å². The number of alkyl halides is 3. The van der Waals surface area contributed by atoms with Crippen molar-refractivity contribution in [2.24, 2.45) is 11.3 Å². The molecule has 3 heterocycles. The molecule has 3 rings (SSSR count). The number of carboxylic acids is 1. The summed E-state index contributed by atoms with van der Waals surface area (Å²) in [5.74, 6) is -2.42. The highest BCUT2D eigenvalue weighted by molar-refractivity contribution is 7.88. The Labute approximate surface area is 149 Å². The molecule has 3 aliphatic heterocycles. The fourth-order valence-electron chi connectivity index (χ4n) is 3.46. The second-order valence-corrected chi connectivity index (χ2v) is 8.80. The smallest absolute Gasteiger partial charge is 0.475 e. The molecule has 0 radical (unpaired) electrons. The molecule has 1 N–H and O–H groups in total.